The SMILES string of the molecule is CCCCNC(=O)COc1cc(COC)nc(-c2ccncc2)n1. The van der Waals surface area contributed by atoms with Gasteiger partial charge in [-0.05, 0) is 18.6 Å². The molecule has 1 N–H and O–H groups in total. The third kappa shape index (κ3) is 5.58. The second-order valence-corrected chi connectivity index (χ2v) is 5.18. The van der Waals surface area contributed by atoms with Gasteiger partial charge in [-0.25, -0.2) is 4.98 Å². The number of nitrogens with one attached hydrogen (secondary N) is 1. The van der Waals surface area contributed by atoms with E-state index in [1.165, 1.54) is 0 Å². The first-order valence-electron chi connectivity index (χ1n) is 7.89. The summed E-state index contributed by atoms with van der Waals surface area (Å²) in [6.07, 6.45) is 5.32. The molecule has 0 unspecified atom stereocenters. The monoisotopic (exact) mass is 330 g/mol. The van der Waals surface area contributed by atoms with Crippen LogP contribution < -0.4 is 10.1 Å². The Morgan fingerprint density at radius 3 is 2.75 bits per heavy atom. The first-order valence-corrected chi connectivity index (χ1v) is 7.89. The highest BCUT2D eigenvalue weighted by molar-refractivity contribution is 5.77. The fourth-order valence-corrected chi connectivity index (χ4v) is 1.99. The summed E-state index contributed by atoms with van der Waals surface area (Å²) >= 11 is 0. The molecule has 0 aliphatic rings. The van der Waals surface area contributed by atoms with Crippen LogP contribution in [0.3, 0.4) is 0 Å². The van der Waals surface area contributed by atoms with Crippen molar-refractivity contribution in [3.8, 4) is 17.3 Å². The van der Waals surface area contributed by atoms with E-state index in [-0.39, 0.29) is 12.5 Å². The maximum absolute atomic E-state index is 11.7. The highest BCUT2D eigenvalue weighted by Crippen LogP contribution is 2.19. The van der Waals surface area contributed by atoms with E-state index in [4.69, 9.17) is 9.47 Å². The van der Waals surface area contributed by atoms with Gasteiger partial charge in [0, 0.05) is 37.7 Å². The highest BCUT2D eigenvalue weighted by atomic mass is 16.5. The lowest BCUT2D eigenvalue weighted by molar-refractivity contribution is -0.123. The molecule has 0 saturated heterocycles. The van der Waals surface area contributed by atoms with Crippen LogP contribution in [0.2, 0.25) is 0 Å². The molecule has 0 saturated carbocycles. The number of carbonyl (C=O) groups excluding carboxylic acids is 1. The van der Waals surface area contributed by atoms with E-state index in [9.17, 15) is 4.79 Å². The van der Waals surface area contributed by atoms with E-state index in [0.29, 0.717) is 30.5 Å². The Kier molecular flexibility index (Phi) is 7.10. The Morgan fingerprint density at radius 1 is 1.25 bits per heavy atom. The number of nitrogens with zero attached hydrogens (tertiary/aromatic N) is 3. The van der Waals surface area contributed by atoms with Crippen LogP contribution in [0, 0.1) is 0 Å². The number of hydrogen-bond acceptors (Lipinski definition) is 6. The summed E-state index contributed by atoms with van der Waals surface area (Å²) in [5, 5.41) is 2.80. The molecule has 24 heavy (non-hydrogen) atoms. The molecule has 2 rings (SSSR count). The van der Waals surface area contributed by atoms with E-state index >= 15 is 0 Å². The lowest BCUT2D eigenvalue weighted by Gasteiger charge is -2.09. The van der Waals surface area contributed by atoms with Crippen LogP contribution >= 0.6 is 0 Å². The third-order valence-electron chi connectivity index (χ3n) is 3.19. The first kappa shape index (κ1) is 17.8. The van der Waals surface area contributed by atoms with Crippen molar-refractivity contribution in [1.82, 2.24) is 20.3 Å². The number of unbranched alkanes of at least 4 members (excludes halogenated alkanes) is 1. The van der Waals surface area contributed by atoms with Crippen molar-refractivity contribution in [3.05, 3.63) is 36.3 Å². The Morgan fingerprint density at radius 2 is 2.04 bits per heavy atom. The number of pyridine rings is 1. The van der Waals surface area contributed by atoms with Gasteiger partial charge in [0.05, 0.1) is 12.3 Å². The van der Waals surface area contributed by atoms with E-state index < -0.39 is 0 Å². The van der Waals surface area contributed by atoms with Gasteiger partial charge in [-0.2, -0.15) is 4.98 Å². The summed E-state index contributed by atoms with van der Waals surface area (Å²) in [6, 6.07) is 5.30. The molecule has 0 aliphatic carbocycles. The maximum atomic E-state index is 11.7. The lowest BCUT2D eigenvalue weighted by Crippen LogP contribution is -2.29. The van der Waals surface area contributed by atoms with Crippen molar-refractivity contribution in [2.45, 2.75) is 26.4 Å². The average Bonchev–Trinajstić information content (AvgIpc) is 2.61. The summed E-state index contributed by atoms with van der Waals surface area (Å²) in [7, 11) is 1.59. The molecule has 2 aromatic rings. The molecule has 0 spiro atoms. The summed E-state index contributed by atoms with van der Waals surface area (Å²) in [4.78, 5) is 24.5. The number of ether oxygens (including phenoxy) is 2. The van der Waals surface area contributed by atoms with E-state index in [0.717, 1.165) is 18.4 Å². The lowest BCUT2D eigenvalue weighted by atomic mass is 10.2. The van der Waals surface area contributed by atoms with Crippen molar-refractivity contribution in [2.24, 2.45) is 0 Å². The minimum atomic E-state index is -0.166. The molecule has 1 amide bonds. The number of rotatable bonds is 9. The highest BCUT2D eigenvalue weighted by Gasteiger charge is 2.09. The molecule has 7 nitrogen and oxygen atoms in total. The number of methoxy groups -OCH3 is 1. The minimum absolute atomic E-state index is 0.0804. The predicted octanol–water partition coefficient (Wildman–Crippen LogP) is 1.98. The normalized spacial score (nSPS) is 10.4. The topological polar surface area (TPSA) is 86.2 Å². The van der Waals surface area contributed by atoms with Crippen molar-refractivity contribution < 1.29 is 14.3 Å². The number of hydrogen-bond donors (Lipinski definition) is 1. The molecule has 0 bridgehead atoms. The number of carbonyl (C=O) groups is 1. The first-order chi connectivity index (χ1) is 11.7. The van der Waals surface area contributed by atoms with E-state index in [1.807, 2.05) is 12.1 Å². The van der Waals surface area contributed by atoms with Crippen LogP contribution in [0.5, 0.6) is 5.88 Å². The van der Waals surface area contributed by atoms with Gasteiger partial charge in [0.2, 0.25) is 5.88 Å². The van der Waals surface area contributed by atoms with Gasteiger partial charge in [-0.3, -0.25) is 9.78 Å². The molecule has 0 fully saturated rings. The Hall–Kier alpha value is -2.54. The second-order valence-electron chi connectivity index (χ2n) is 5.18. The second kappa shape index (κ2) is 9.57. The van der Waals surface area contributed by atoms with Crippen LogP contribution in [0.1, 0.15) is 25.5 Å². The smallest absolute Gasteiger partial charge is 0.258 e. The van der Waals surface area contributed by atoms with Crippen LogP contribution in [0.4, 0.5) is 0 Å². The maximum Gasteiger partial charge on any atom is 0.258 e. The molecule has 7 heteroatoms. The summed E-state index contributed by atoms with van der Waals surface area (Å²) in [5.74, 6) is 0.684. The van der Waals surface area contributed by atoms with Crippen LogP contribution in [0.25, 0.3) is 11.4 Å². The minimum Gasteiger partial charge on any atom is -0.467 e. The molecule has 2 heterocycles. The third-order valence-corrected chi connectivity index (χ3v) is 3.19. The molecule has 0 aliphatic heterocycles. The number of amides is 1. The van der Waals surface area contributed by atoms with Crippen molar-refractivity contribution in [2.75, 3.05) is 20.3 Å². The van der Waals surface area contributed by atoms with E-state index in [1.54, 1.807) is 25.6 Å². The van der Waals surface area contributed by atoms with Gasteiger partial charge in [0.15, 0.2) is 12.4 Å². The molecule has 2 aromatic heterocycles. The summed E-state index contributed by atoms with van der Waals surface area (Å²) < 4.78 is 10.6. The fraction of sp³-hybridized carbons (Fsp3) is 0.412. The van der Waals surface area contributed by atoms with Crippen LogP contribution in [-0.4, -0.2) is 41.1 Å². The Labute approximate surface area is 141 Å². The van der Waals surface area contributed by atoms with Crippen LogP contribution in [0.15, 0.2) is 30.6 Å². The summed E-state index contributed by atoms with van der Waals surface area (Å²) in [5.41, 5.74) is 1.50. The molecule has 0 aromatic carbocycles. The van der Waals surface area contributed by atoms with Gasteiger partial charge in [-0.15, -0.1) is 0 Å². The molecule has 0 atom stereocenters. The van der Waals surface area contributed by atoms with E-state index in [2.05, 4.69) is 27.2 Å². The zero-order chi connectivity index (χ0) is 17.2. The van der Waals surface area contributed by atoms with Crippen molar-refractivity contribution in [3.63, 3.8) is 0 Å². The zero-order valence-corrected chi connectivity index (χ0v) is 14.0. The van der Waals surface area contributed by atoms with Gasteiger partial charge < -0.3 is 14.8 Å². The quantitative estimate of drug-likeness (QED) is 0.708. The molecule has 0 radical (unpaired) electrons. The average molecular weight is 330 g/mol. The van der Waals surface area contributed by atoms with Gasteiger partial charge >= 0.3 is 0 Å². The van der Waals surface area contributed by atoms with Gasteiger partial charge in [-0.1, -0.05) is 13.3 Å². The molecular formula is C17H22N4O3. The number of aromatic nitrogens is 3. The Balaban J connectivity index is 2.08. The summed E-state index contributed by atoms with van der Waals surface area (Å²) in [6.45, 7) is 2.98. The van der Waals surface area contributed by atoms with Crippen LogP contribution in [-0.2, 0) is 16.1 Å². The van der Waals surface area contributed by atoms with Crippen molar-refractivity contribution in [1.29, 1.82) is 0 Å². The van der Waals surface area contributed by atoms with Gasteiger partial charge in [0.1, 0.15) is 0 Å². The van der Waals surface area contributed by atoms with Gasteiger partial charge in [0.25, 0.3) is 5.91 Å². The zero-order valence-electron chi connectivity index (χ0n) is 14.0. The predicted molar refractivity (Wildman–Crippen MR) is 89.4 cm³/mol. The largest absolute Gasteiger partial charge is 0.467 e. The molecular weight excluding hydrogens is 308 g/mol. The Bertz CT molecular complexity index is 650. The standard InChI is InChI=1S/C17H22N4O3/c1-3-4-7-19-15(22)12-24-16-10-14(11-23-2)20-17(21-16)13-5-8-18-9-6-13/h5-6,8-10H,3-4,7,11-12H2,1-2H3,(H,19,22). The molecule has 128 valence electrons. The fourth-order valence-electron chi connectivity index (χ4n) is 1.99. The van der Waals surface area contributed by atoms with Crippen molar-refractivity contribution >= 4 is 5.91 Å².